The zero-order valence-corrected chi connectivity index (χ0v) is 9.89. The second kappa shape index (κ2) is 4.67. The van der Waals surface area contributed by atoms with Gasteiger partial charge >= 0.3 is 0 Å². The van der Waals surface area contributed by atoms with E-state index >= 15 is 0 Å². The number of aryl methyl sites for hydroxylation is 2. The fourth-order valence-electron chi connectivity index (χ4n) is 2.59. The van der Waals surface area contributed by atoms with Gasteiger partial charge in [-0.3, -0.25) is 0 Å². The third-order valence-electron chi connectivity index (χ3n) is 3.61. The van der Waals surface area contributed by atoms with E-state index in [9.17, 15) is 5.11 Å². The van der Waals surface area contributed by atoms with Gasteiger partial charge in [-0.15, -0.1) is 0 Å². The monoisotopic (exact) mass is 234 g/mol. The largest absolute Gasteiger partial charge is 0.485 e. The minimum absolute atomic E-state index is 0.211. The Morgan fingerprint density at radius 3 is 2.71 bits per heavy atom. The maximum Gasteiger partial charge on any atom is 0.150 e. The van der Waals surface area contributed by atoms with Gasteiger partial charge in [0.15, 0.2) is 0 Å². The van der Waals surface area contributed by atoms with E-state index in [0.29, 0.717) is 13.2 Å². The van der Waals surface area contributed by atoms with E-state index in [2.05, 4.69) is 12.1 Å². The lowest BCUT2D eigenvalue weighted by Gasteiger charge is -2.19. The molecule has 0 aromatic heterocycles. The topological polar surface area (TPSA) is 38.7 Å². The van der Waals surface area contributed by atoms with Crippen LogP contribution in [0.3, 0.4) is 0 Å². The molecule has 2 atom stereocenters. The molecule has 2 aliphatic rings. The summed E-state index contributed by atoms with van der Waals surface area (Å²) in [6.45, 7) is 0.869. The lowest BCUT2D eigenvalue weighted by Crippen LogP contribution is -2.29. The molecule has 3 rings (SSSR count). The summed E-state index contributed by atoms with van der Waals surface area (Å²) in [6, 6.07) is 6.29. The number of ether oxygens (including phenoxy) is 2. The van der Waals surface area contributed by atoms with Gasteiger partial charge in [0.05, 0.1) is 13.2 Å². The SMILES string of the molecule is OC1COCC1Oc1ccc2c(c1)CCCC2. The molecule has 2 unspecified atom stereocenters. The molecule has 0 radical (unpaired) electrons. The normalized spacial score (nSPS) is 27.8. The molecular formula is C14H18O3. The Balaban J connectivity index is 1.75. The summed E-state index contributed by atoms with van der Waals surface area (Å²) in [5.74, 6) is 0.861. The molecule has 1 fully saturated rings. The van der Waals surface area contributed by atoms with Crippen LogP contribution in [0.4, 0.5) is 0 Å². The van der Waals surface area contributed by atoms with E-state index in [-0.39, 0.29) is 6.10 Å². The van der Waals surface area contributed by atoms with E-state index in [1.165, 1.54) is 30.4 Å². The van der Waals surface area contributed by atoms with E-state index in [0.717, 1.165) is 12.2 Å². The summed E-state index contributed by atoms with van der Waals surface area (Å²) in [5, 5.41) is 9.64. The van der Waals surface area contributed by atoms with Crippen LogP contribution in [-0.4, -0.2) is 30.5 Å². The number of hydrogen-bond acceptors (Lipinski definition) is 3. The Morgan fingerprint density at radius 2 is 1.94 bits per heavy atom. The maximum atomic E-state index is 9.64. The lowest BCUT2D eigenvalue weighted by atomic mass is 9.92. The zero-order valence-electron chi connectivity index (χ0n) is 9.89. The smallest absolute Gasteiger partial charge is 0.150 e. The molecule has 0 spiro atoms. The highest BCUT2D eigenvalue weighted by molar-refractivity contribution is 5.37. The summed E-state index contributed by atoms with van der Waals surface area (Å²) >= 11 is 0. The minimum atomic E-state index is -0.494. The van der Waals surface area contributed by atoms with E-state index in [1.807, 2.05) is 6.07 Å². The highest BCUT2D eigenvalue weighted by atomic mass is 16.6. The molecule has 92 valence electrons. The third-order valence-corrected chi connectivity index (χ3v) is 3.61. The van der Waals surface area contributed by atoms with Crippen LogP contribution in [-0.2, 0) is 17.6 Å². The molecule has 1 aliphatic heterocycles. The van der Waals surface area contributed by atoms with Gasteiger partial charge in [0.1, 0.15) is 18.0 Å². The average molecular weight is 234 g/mol. The lowest BCUT2D eigenvalue weighted by molar-refractivity contribution is 0.0733. The highest BCUT2D eigenvalue weighted by Crippen LogP contribution is 2.26. The van der Waals surface area contributed by atoms with Crippen molar-refractivity contribution in [1.29, 1.82) is 0 Å². The molecule has 1 heterocycles. The van der Waals surface area contributed by atoms with Crippen LogP contribution in [0, 0.1) is 0 Å². The van der Waals surface area contributed by atoms with Crippen molar-refractivity contribution in [2.24, 2.45) is 0 Å². The summed E-state index contributed by atoms with van der Waals surface area (Å²) in [6.07, 6.45) is 4.19. The van der Waals surface area contributed by atoms with Gasteiger partial charge < -0.3 is 14.6 Å². The van der Waals surface area contributed by atoms with Crippen LogP contribution < -0.4 is 4.74 Å². The standard InChI is InChI=1S/C14H18O3/c15-13-8-16-9-14(13)17-12-6-5-10-3-1-2-4-11(10)7-12/h5-7,13-15H,1-4,8-9H2. The van der Waals surface area contributed by atoms with Crippen molar-refractivity contribution in [3.05, 3.63) is 29.3 Å². The van der Waals surface area contributed by atoms with E-state index in [1.54, 1.807) is 0 Å². The first-order valence-corrected chi connectivity index (χ1v) is 6.37. The van der Waals surface area contributed by atoms with Crippen molar-refractivity contribution >= 4 is 0 Å². The summed E-state index contributed by atoms with van der Waals surface area (Å²) < 4.78 is 11.0. The Kier molecular flexibility index (Phi) is 3.04. The van der Waals surface area contributed by atoms with Crippen molar-refractivity contribution in [3.8, 4) is 5.75 Å². The predicted octanol–water partition coefficient (Wildman–Crippen LogP) is 1.70. The number of aliphatic hydroxyl groups excluding tert-OH is 1. The summed E-state index contributed by atoms with van der Waals surface area (Å²) in [5.41, 5.74) is 2.86. The number of aliphatic hydroxyl groups is 1. The van der Waals surface area contributed by atoms with Crippen molar-refractivity contribution in [2.45, 2.75) is 37.9 Å². The first-order valence-electron chi connectivity index (χ1n) is 6.37. The van der Waals surface area contributed by atoms with Crippen LogP contribution in [0.2, 0.25) is 0 Å². The predicted molar refractivity (Wildman–Crippen MR) is 64.3 cm³/mol. The van der Waals surface area contributed by atoms with Gasteiger partial charge in [0, 0.05) is 0 Å². The Morgan fingerprint density at radius 1 is 1.12 bits per heavy atom. The van der Waals surface area contributed by atoms with Crippen LogP contribution >= 0.6 is 0 Å². The first kappa shape index (κ1) is 11.1. The average Bonchev–Trinajstić information content (AvgIpc) is 2.75. The summed E-state index contributed by atoms with van der Waals surface area (Å²) in [7, 11) is 0. The van der Waals surface area contributed by atoms with Crippen molar-refractivity contribution < 1.29 is 14.6 Å². The molecule has 1 aromatic carbocycles. The molecular weight excluding hydrogens is 216 g/mol. The quantitative estimate of drug-likeness (QED) is 0.846. The third kappa shape index (κ3) is 2.31. The van der Waals surface area contributed by atoms with Crippen LogP contribution in [0.1, 0.15) is 24.0 Å². The Hall–Kier alpha value is -1.06. The van der Waals surface area contributed by atoms with Crippen molar-refractivity contribution in [1.82, 2.24) is 0 Å². The number of hydrogen-bond donors (Lipinski definition) is 1. The molecule has 3 nitrogen and oxygen atoms in total. The van der Waals surface area contributed by atoms with Crippen molar-refractivity contribution in [2.75, 3.05) is 13.2 Å². The molecule has 0 saturated carbocycles. The zero-order chi connectivity index (χ0) is 11.7. The van der Waals surface area contributed by atoms with Gasteiger partial charge in [0.2, 0.25) is 0 Å². The van der Waals surface area contributed by atoms with Gasteiger partial charge in [-0.1, -0.05) is 6.07 Å². The second-order valence-corrected chi connectivity index (χ2v) is 4.90. The minimum Gasteiger partial charge on any atom is -0.485 e. The number of fused-ring (bicyclic) bond motifs is 1. The second-order valence-electron chi connectivity index (χ2n) is 4.90. The molecule has 17 heavy (non-hydrogen) atoms. The van der Waals surface area contributed by atoms with Gasteiger partial charge in [0.25, 0.3) is 0 Å². The Labute approximate surface area is 101 Å². The van der Waals surface area contributed by atoms with E-state index in [4.69, 9.17) is 9.47 Å². The van der Waals surface area contributed by atoms with Crippen LogP contribution in [0.25, 0.3) is 0 Å². The molecule has 0 bridgehead atoms. The Bertz CT molecular complexity index is 402. The van der Waals surface area contributed by atoms with E-state index < -0.39 is 6.10 Å². The van der Waals surface area contributed by atoms with Gasteiger partial charge in [-0.05, 0) is 48.9 Å². The fourth-order valence-corrected chi connectivity index (χ4v) is 2.59. The van der Waals surface area contributed by atoms with Crippen molar-refractivity contribution in [3.63, 3.8) is 0 Å². The number of rotatable bonds is 2. The van der Waals surface area contributed by atoms with Gasteiger partial charge in [-0.25, -0.2) is 0 Å². The first-order chi connectivity index (χ1) is 8.33. The van der Waals surface area contributed by atoms with Crippen LogP contribution in [0.5, 0.6) is 5.75 Å². The summed E-state index contributed by atoms with van der Waals surface area (Å²) in [4.78, 5) is 0. The molecule has 3 heteroatoms. The molecule has 0 amide bonds. The molecule has 1 aliphatic carbocycles. The van der Waals surface area contributed by atoms with Gasteiger partial charge in [-0.2, -0.15) is 0 Å². The highest BCUT2D eigenvalue weighted by Gasteiger charge is 2.28. The molecule has 1 aromatic rings. The number of benzene rings is 1. The maximum absolute atomic E-state index is 9.64. The fraction of sp³-hybridized carbons (Fsp3) is 0.571. The molecule has 1 saturated heterocycles. The van der Waals surface area contributed by atoms with Crippen LogP contribution in [0.15, 0.2) is 18.2 Å². The molecule has 1 N–H and O–H groups in total.